The fraction of sp³-hybridized carbons (Fsp3) is 0.267. The van der Waals surface area contributed by atoms with Gasteiger partial charge in [0.15, 0.2) is 0 Å². The van der Waals surface area contributed by atoms with Crippen molar-refractivity contribution in [1.29, 1.82) is 0 Å². The van der Waals surface area contributed by atoms with Crippen LogP contribution in [-0.2, 0) is 16.0 Å². The topological polar surface area (TPSA) is 114 Å². The first-order valence-electron chi connectivity index (χ1n) is 6.74. The lowest BCUT2D eigenvalue weighted by Crippen LogP contribution is -2.33. The predicted octanol–water partition coefficient (Wildman–Crippen LogP) is 0.0708. The summed E-state index contributed by atoms with van der Waals surface area (Å²) >= 11 is 0. The summed E-state index contributed by atoms with van der Waals surface area (Å²) in [5.41, 5.74) is 5.90. The van der Waals surface area contributed by atoms with Gasteiger partial charge in [0.2, 0.25) is 11.8 Å². The Bertz CT molecular complexity index is 767. The lowest BCUT2D eigenvalue weighted by molar-refractivity contribution is -0.124. The highest BCUT2D eigenvalue weighted by Crippen LogP contribution is 2.19. The normalized spacial score (nSPS) is 10.4. The van der Waals surface area contributed by atoms with Crippen molar-refractivity contribution in [3.8, 4) is 5.75 Å². The van der Waals surface area contributed by atoms with Crippen molar-refractivity contribution in [2.45, 2.75) is 12.8 Å². The minimum Gasteiger partial charge on any atom is -0.497 e. The van der Waals surface area contributed by atoms with Gasteiger partial charge in [0, 0.05) is 22.9 Å². The van der Waals surface area contributed by atoms with E-state index in [1.165, 1.54) is 0 Å². The number of nitrogens with one attached hydrogen (secondary N) is 2. The van der Waals surface area contributed by atoms with E-state index in [1.807, 2.05) is 6.07 Å². The zero-order valence-electron chi connectivity index (χ0n) is 12.1. The molecule has 0 fully saturated rings. The number of primary amides is 1. The molecule has 0 radical (unpaired) electrons. The first kappa shape index (κ1) is 15.6. The Morgan fingerprint density at radius 2 is 2.09 bits per heavy atom. The maximum atomic E-state index is 12.0. The summed E-state index contributed by atoms with van der Waals surface area (Å²) in [6.07, 6.45) is 0.374. The highest BCUT2D eigenvalue weighted by atomic mass is 16.5. The summed E-state index contributed by atoms with van der Waals surface area (Å²) < 4.78 is 5.15. The van der Waals surface area contributed by atoms with Crippen LogP contribution in [0.2, 0.25) is 0 Å². The minimum atomic E-state index is -0.607. The van der Waals surface area contributed by atoms with Gasteiger partial charge in [-0.3, -0.25) is 14.4 Å². The molecule has 0 saturated heterocycles. The molecule has 2 amide bonds. The highest BCUT2D eigenvalue weighted by Gasteiger charge is 2.08. The van der Waals surface area contributed by atoms with Gasteiger partial charge in [-0.05, 0) is 30.7 Å². The summed E-state index contributed by atoms with van der Waals surface area (Å²) in [5, 5.41) is 3.21. The predicted molar refractivity (Wildman–Crippen MR) is 81.6 cm³/mol. The van der Waals surface area contributed by atoms with Crippen LogP contribution in [0.5, 0.6) is 5.75 Å². The summed E-state index contributed by atoms with van der Waals surface area (Å²) in [6, 6.07) is 7.06. The maximum absolute atomic E-state index is 12.0. The zero-order chi connectivity index (χ0) is 16.1. The smallest absolute Gasteiger partial charge is 0.251 e. The number of methoxy groups -OCH3 is 1. The Balaban J connectivity index is 2.13. The number of aromatic nitrogens is 1. The van der Waals surface area contributed by atoms with E-state index in [1.54, 1.807) is 25.3 Å². The molecule has 4 N–H and O–H groups in total. The van der Waals surface area contributed by atoms with E-state index in [-0.39, 0.29) is 30.9 Å². The van der Waals surface area contributed by atoms with E-state index in [4.69, 9.17) is 10.5 Å². The van der Waals surface area contributed by atoms with Crippen molar-refractivity contribution < 1.29 is 14.3 Å². The second-order valence-corrected chi connectivity index (χ2v) is 4.82. The summed E-state index contributed by atoms with van der Waals surface area (Å²) in [4.78, 5) is 36.9. The van der Waals surface area contributed by atoms with Crippen molar-refractivity contribution in [1.82, 2.24) is 10.3 Å². The molecule has 116 valence electrons. The number of hydrogen-bond acceptors (Lipinski definition) is 4. The number of fused-ring (bicyclic) bond motifs is 1. The Morgan fingerprint density at radius 1 is 1.32 bits per heavy atom. The van der Waals surface area contributed by atoms with Gasteiger partial charge < -0.3 is 20.8 Å². The molecular weight excluding hydrogens is 286 g/mol. The molecule has 1 aromatic heterocycles. The Kier molecular flexibility index (Phi) is 4.77. The fourth-order valence-corrected chi connectivity index (χ4v) is 2.06. The number of carbonyl (C=O) groups excluding carboxylic acids is 2. The van der Waals surface area contributed by atoms with E-state index in [0.717, 1.165) is 5.39 Å². The van der Waals surface area contributed by atoms with Crippen LogP contribution in [0.3, 0.4) is 0 Å². The molecule has 1 aromatic carbocycles. The Hall–Kier alpha value is -2.83. The molecule has 0 aliphatic carbocycles. The maximum Gasteiger partial charge on any atom is 0.251 e. The molecule has 0 atom stereocenters. The lowest BCUT2D eigenvalue weighted by atomic mass is 10.1. The number of benzene rings is 1. The highest BCUT2D eigenvalue weighted by molar-refractivity contribution is 5.84. The monoisotopic (exact) mass is 303 g/mol. The fourth-order valence-electron chi connectivity index (χ4n) is 2.06. The zero-order valence-corrected chi connectivity index (χ0v) is 12.1. The minimum absolute atomic E-state index is 0.103. The largest absolute Gasteiger partial charge is 0.497 e. The van der Waals surface area contributed by atoms with Crippen LogP contribution in [0.1, 0.15) is 12.0 Å². The average Bonchev–Trinajstić information content (AvgIpc) is 2.50. The molecule has 2 rings (SSSR count). The van der Waals surface area contributed by atoms with E-state index in [2.05, 4.69) is 10.3 Å². The number of hydrogen-bond donors (Lipinski definition) is 3. The first-order chi connectivity index (χ1) is 10.5. The molecule has 0 saturated carbocycles. The van der Waals surface area contributed by atoms with Crippen molar-refractivity contribution in [3.05, 3.63) is 40.2 Å². The molecule has 0 unspecified atom stereocenters. The molecule has 22 heavy (non-hydrogen) atoms. The third-order valence-corrected chi connectivity index (χ3v) is 3.21. The summed E-state index contributed by atoms with van der Waals surface area (Å²) in [7, 11) is 1.57. The van der Waals surface area contributed by atoms with Crippen LogP contribution >= 0.6 is 0 Å². The molecule has 0 aliphatic heterocycles. The number of aromatic amines is 1. The van der Waals surface area contributed by atoms with Crippen LogP contribution in [0.4, 0.5) is 0 Å². The quantitative estimate of drug-likeness (QED) is 0.700. The van der Waals surface area contributed by atoms with Crippen LogP contribution in [0.25, 0.3) is 10.9 Å². The first-order valence-corrected chi connectivity index (χ1v) is 6.74. The third kappa shape index (κ3) is 3.85. The summed E-state index contributed by atoms with van der Waals surface area (Å²) in [5.74, 6) is -0.252. The van der Waals surface area contributed by atoms with Gasteiger partial charge in [0.1, 0.15) is 5.75 Å². The Morgan fingerprint density at radius 3 is 2.77 bits per heavy atom. The number of aryl methyl sites for hydroxylation is 1. The van der Waals surface area contributed by atoms with Crippen molar-refractivity contribution in [2.75, 3.05) is 13.7 Å². The number of nitrogens with two attached hydrogens (primary N) is 1. The molecule has 0 spiro atoms. The molecule has 0 aliphatic rings. The van der Waals surface area contributed by atoms with Gasteiger partial charge in [0.25, 0.3) is 5.56 Å². The van der Waals surface area contributed by atoms with Crippen molar-refractivity contribution in [2.24, 2.45) is 5.73 Å². The number of amides is 2. The van der Waals surface area contributed by atoms with E-state index in [9.17, 15) is 14.4 Å². The molecule has 0 bridgehead atoms. The van der Waals surface area contributed by atoms with Crippen LogP contribution in [0.15, 0.2) is 29.1 Å². The van der Waals surface area contributed by atoms with E-state index >= 15 is 0 Å². The standard InChI is InChI=1S/C15H17N3O4/c1-22-11-3-4-12-10(7-11)6-9(15(21)18-12)2-5-14(20)17-8-13(16)19/h3-4,6-7H,2,5,8H2,1H3,(H2,16,19)(H,17,20)(H,18,21). The number of carbonyl (C=O) groups is 2. The van der Waals surface area contributed by atoms with Crippen LogP contribution < -0.4 is 21.3 Å². The Labute approximate surface area is 126 Å². The summed E-state index contributed by atoms with van der Waals surface area (Å²) in [6.45, 7) is -0.204. The molecule has 7 heteroatoms. The third-order valence-electron chi connectivity index (χ3n) is 3.21. The van der Waals surface area contributed by atoms with Gasteiger partial charge in [-0.2, -0.15) is 0 Å². The van der Waals surface area contributed by atoms with Crippen molar-refractivity contribution >= 4 is 22.7 Å². The average molecular weight is 303 g/mol. The lowest BCUT2D eigenvalue weighted by Gasteiger charge is -2.06. The van der Waals surface area contributed by atoms with Gasteiger partial charge in [-0.15, -0.1) is 0 Å². The SMILES string of the molecule is COc1ccc2[nH]c(=O)c(CCC(=O)NCC(N)=O)cc2c1. The van der Waals surface area contributed by atoms with Crippen LogP contribution in [0, 0.1) is 0 Å². The van der Waals surface area contributed by atoms with Gasteiger partial charge in [-0.25, -0.2) is 0 Å². The number of ether oxygens (including phenoxy) is 1. The molecule has 1 heterocycles. The molecular formula is C15H17N3O4. The van der Waals surface area contributed by atoms with Crippen LogP contribution in [-0.4, -0.2) is 30.5 Å². The number of rotatable bonds is 6. The second-order valence-electron chi connectivity index (χ2n) is 4.82. The number of H-pyrrole nitrogens is 1. The van der Waals surface area contributed by atoms with E-state index in [0.29, 0.717) is 16.8 Å². The number of pyridine rings is 1. The molecule has 7 nitrogen and oxygen atoms in total. The molecule has 2 aromatic rings. The van der Waals surface area contributed by atoms with Gasteiger partial charge >= 0.3 is 0 Å². The second kappa shape index (κ2) is 6.75. The van der Waals surface area contributed by atoms with E-state index < -0.39 is 5.91 Å². The van der Waals surface area contributed by atoms with Gasteiger partial charge in [0.05, 0.1) is 13.7 Å². The van der Waals surface area contributed by atoms with Gasteiger partial charge in [-0.1, -0.05) is 0 Å². The van der Waals surface area contributed by atoms with Crippen molar-refractivity contribution in [3.63, 3.8) is 0 Å².